The Morgan fingerprint density at radius 3 is 2.00 bits per heavy atom. The number of rotatable bonds is 3. The van der Waals surface area contributed by atoms with E-state index >= 15 is 0 Å². The third-order valence-electron chi connectivity index (χ3n) is 2.27. The van der Waals surface area contributed by atoms with Crippen LogP contribution < -0.4 is 0 Å². The molecule has 1 aliphatic rings. The molecule has 0 unspecified atom stereocenters. The second-order valence-electron chi connectivity index (χ2n) is 3.51. The Balaban J connectivity index is 2.46. The Labute approximate surface area is 97.0 Å². The molecule has 96 valence electrons. The van der Waals surface area contributed by atoms with Crippen molar-refractivity contribution in [3.05, 3.63) is 0 Å². The number of hydrogen-bond donors (Lipinski definition) is 0. The normalized spacial score (nSPS) is 21.2. The van der Waals surface area contributed by atoms with E-state index in [2.05, 4.69) is 0 Å². The van der Waals surface area contributed by atoms with Gasteiger partial charge in [-0.1, -0.05) is 0 Å². The second kappa shape index (κ2) is 5.07. The first-order chi connectivity index (χ1) is 7.24. The number of piperazine rings is 1. The molecule has 0 amide bonds. The molecule has 0 atom stereocenters. The first kappa shape index (κ1) is 14.0. The highest BCUT2D eigenvalue weighted by molar-refractivity contribution is 7.90. The zero-order chi connectivity index (χ0) is 12.4. The summed E-state index contributed by atoms with van der Waals surface area (Å²) in [5.74, 6) is 0. The zero-order valence-corrected chi connectivity index (χ0v) is 9.95. The van der Waals surface area contributed by atoms with Crippen molar-refractivity contribution in [1.82, 2.24) is 9.21 Å². The van der Waals surface area contributed by atoms with Gasteiger partial charge in [-0.25, -0.2) is 8.42 Å². The van der Waals surface area contributed by atoms with Gasteiger partial charge in [0.1, 0.15) is 5.21 Å². The smallest absolute Gasteiger partial charge is 0.292 e. The van der Waals surface area contributed by atoms with Gasteiger partial charge in [-0.05, 0) is 0 Å². The fourth-order valence-corrected chi connectivity index (χ4v) is 2.76. The molecular formula is C7H12ClF3N2O2S. The molecular weight excluding hydrogens is 269 g/mol. The first-order valence-corrected chi connectivity index (χ1v) is 6.72. The maximum absolute atomic E-state index is 12.0. The van der Waals surface area contributed by atoms with E-state index in [1.165, 1.54) is 4.90 Å². The van der Waals surface area contributed by atoms with E-state index in [1.54, 1.807) is 0 Å². The van der Waals surface area contributed by atoms with Crippen LogP contribution in [0.25, 0.3) is 0 Å². The summed E-state index contributed by atoms with van der Waals surface area (Å²) >= 11 is 5.25. The van der Waals surface area contributed by atoms with Gasteiger partial charge in [0.2, 0.25) is 10.0 Å². The molecule has 1 saturated heterocycles. The summed E-state index contributed by atoms with van der Waals surface area (Å²) in [7, 11) is -3.50. The van der Waals surface area contributed by atoms with Gasteiger partial charge in [-0.15, -0.1) is 11.6 Å². The molecule has 4 nitrogen and oxygen atoms in total. The third-order valence-corrected chi connectivity index (χ3v) is 4.52. The van der Waals surface area contributed by atoms with Crippen molar-refractivity contribution < 1.29 is 21.6 Å². The summed E-state index contributed by atoms with van der Waals surface area (Å²) in [6.07, 6.45) is -4.24. The van der Waals surface area contributed by atoms with E-state index < -0.39 is 28.0 Å². The number of halogens is 4. The van der Waals surface area contributed by atoms with E-state index in [0.29, 0.717) is 0 Å². The minimum absolute atomic E-state index is 0.0606. The van der Waals surface area contributed by atoms with Crippen molar-refractivity contribution in [1.29, 1.82) is 0 Å². The standard InChI is InChI=1S/C7H12ClF3N2O2S/c8-6-16(14,15)13-3-1-12(2-4-13)5-7(9,10)11/h1-6H2. The van der Waals surface area contributed by atoms with Gasteiger partial charge < -0.3 is 0 Å². The summed E-state index contributed by atoms with van der Waals surface area (Å²) in [4.78, 5) is 1.18. The van der Waals surface area contributed by atoms with Crippen LogP contribution in [0.3, 0.4) is 0 Å². The molecule has 0 spiro atoms. The lowest BCUT2D eigenvalue weighted by atomic mass is 10.3. The van der Waals surface area contributed by atoms with Crippen molar-refractivity contribution in [2.75, 3.05) is 37.9 Å². The summed E-state index contributed by atoms with van der Waals surface area (Å²) in [6, 6.07) is 0. The van der Waals surface area contributed by atoms with Crippen LogP contribution in [-0.4, -0.2) is 61.7 Å². The maximum atomic E-state index is 12.0. The van der Waals surface area contributed by atoms with Crippen LogP contribution in [0.15, 0.2) is 0 Å². The lowest BCUT2D eigenvalue weighted by Crippen LogP contribution is -2.51. The van der Waals surface area contributed by atoms with Gasteiger partial charge in [0.15, 0.2) is 0 Å². The van der Waals surface area contributed by atoms with E-state index in [-0.39, 0.29) is 26.2 Å². The number of sulfonamides is 1. The lowest BCUT2D eigenvalue weighted by molar-refractivity contribution is -0.148. The minimum atomic E-state index is -4.24. The maximum Gasteiger partial charge on any atom is 0.401 e. The molecule has 0 aromatic carbocycles. The molecule has 1 rings (SSSR count). The Morgan fingerprint density at radius 1 is 1.12 bits per heavy atom. The van der Waals surface area contributed by atoms with Crippen molar-refractivity contribution in [3.8, 4) is 0 Å². The molecule has 0 bridgehead atoms. The Morgan fingerprint density at radius 2 is 1.62 bits per heavy atom. The molecule has 0 saturated carbocycles. The quantitative estimate of drug-likeness (QED) is 0.715. The molecule has 0 aromatic rings. The SMILES string of the molecule is O=S(=O)(CCl)N1CCN(CC(F)(F)F)CC1. The van der Waals surface area contributed by atoms with Crippen LogP contribution in [0.2, 0.25) is 0 Å². The summed E-state index contributed by atoms with van der Waals surface area (Å²) < 4.78 is 59.8. The lowest BCUT2D eigenvalue weighted by Gasteiger charge is -2.33. The third kappa shape index (κ3) is 4.08. The monoisotopic (exact) mass is 280 g/mol. The summed E-state index contributed by atoms with van der Waals surface area (Å²) in [5, 5.41) is -0.535. The minimum Gasteiger partial charge on any atom is -0.292 e. The van der Waals surface area contributed by atoms with Gasteiger partial charge in [0.05, 0.1) is 6.54 Å². The molecule has 1 aliphatic heterocycles. The predicted octanol–water partition coefficient (Wildman–Crippen LogP) is 0.692. The van der Waals surface area contributed by atoms with Crippen LogP contribution in [0.4, 0.5) is 13.2 Å². The highest BCUT2D eigenvalue weighted by Gasteiger charge is 2.34. The van der Waals surface area contributed by atoms with E-state index in [4.69, 9.17) is 11.6 Å². The second-order valence-corrected chi connectivity index (χ2v) is 6.06. The van der Waals surface area contributed by atoms with Crippen LogP contribution in [-0.2, 0) is 10.0 Å². The fraction of sp³-hybridized carbons (Fsp3) is 1.00. The van der Waals surface area contributed by atoms with Crippen LogP contribution in [0.5, 0.6) is 0 Å². The molecule has 9 heteroatoms. The van der Waals surface area contributed by atoms with Crippen molar-refractivity contribution in [3.63, 3.8) is 0 Å². The number of hydrogen-bond acceptors (Lipinski definition) is 3. The first-order valence-electron chi connectivity index (χ1n) is 4.57. The van der Waals surface area contributed by atoms with Gasteiger partial charge in [0, 0.05) is 26.2 Å². The Hall–Kier alpha value is -0.0500. The van der Waals surface area contributed by atoms with Crippen LogP contribution in [0, 0.1) is 0 Å². The zero-order valence-electron chi connectivity index (χ0n) is 8.37. The average Bonchev–Trinajstić information content (AvgIpc) is 2.16. The van der Waals surface area contributed by atoms with Crippen molar-refractivity contribution in [2.24, 2.45) is 0 Å². The number of nitrogens with zero attached hydrogens (tertiary/aromatic N) is 2. The summed E-state index contributed by atoms with van der Waals surface area (Å²) in [6.45, 7) is -0.719. The molecule has 0 aliphatic carbocycles. The van der Waals surface area contributed by atoms with Crippen molar-refractivity contribution in [2.45, 2.75) is 6.18 Å². The molecule has 16 heavy (non-hydrogen) atoms. The summed E-state index contributed by atoms with van der Waals surface area (Å²) in [5.41, 5.74) is 0. The average molecular weight is 281 g/mol. The van der Waals surface area contributed by atoms with Crippen molar-refractivity contribution >= 4 is 21.6 Å². The largest absolute Gasteiger partial charge is 0.401 e. The van der Waals surface area contributed by atoms with Gasteiger partial charge in [-0.2, -0.15) is 17.5 Å². The van der Waals surface area contributed by atoms with Crippen LogP contribution >= 0.6 is 11.6 Å². The molecule has 0 N–H and O–H groups in total. The van der Waals surface area contributed by atoms with Gasteiger partial charge >= 0.3 is 6.18 Å². The van der Waals surface area contributed by atoms with E-state index in [0.717, 1.165) is 4.31 Å². The Kier molecular flexibility index (Phi) is 4.44. The van der Waals surface area contributed by atoms with Crippen LogP contribution in [0.1, 0.15) is 0 Å². The molecule has 0 aromatic heterocycles. The molecule has 0 radical (unpaired) electrons. The molecule has 1 heterocycles. The van der Waals surface area contributed by atoms with E-state index in [9.17, 15) is 21.6 Å². The topological polar surface area (TPSA) is 40.6 Å². The Bertz CT molecular complexity index is 325. The van der Waals surface area contributed by atoms with Gasteiger partial charge in [0.25, 0.3) is 0 Å². The van der Waals surface area contributed by atoms with Gasteiger partial charge in [-0.3, -0.25) is 4.90 Å². The van der Waals surface area contributed by atoms with E-state index in [1.807, 2.05) is 0 Å². The fourth-order valence-electron chi connectivity index (χ4n) is 1.49. The predicted molar refractivity (Wildman–Crippen MR) is 53.7 cm³/mol. The highest BCUT2D eigenvalue weighted by atomic mass is 35.5. The highest BCUT2D eigenvalue weighted by Crippen LogP contribution is 2.18. The molecule has 1 fully saturated rings. The number of alkyl halides is 4.